The number of morpholine rings is 1. The normalized spacial score (nSPS) is 20.7. The lowest BCUT2D eigenvalue weighted by molar-refractivity contribution is -0.384. The molecule has 18 nitrogen and oxygen atoms in total. The Balaban J connectivity index is 1.14. The van der Waals surface area contributed by atoms with Gasteiger partial charge in [-0.3, -0.25) is 29.4 Å². The summed E-state index contributed by atoms with van der Waals surface area (Å²) in [6.45, 7) is -1.04. The van der Waals surface area contributed by atoms with Crippen LogP contribution in [0, 0.1) is 27.9 Å². The number of anilines is 1. The minimum absolute atomic E-state index is 0.0328. The quantitative estimate of drug-likeness (QED) is 0.0412. The summed E-state index contributed by atoms with van der Waals surface area (Å²) < 4.78 is 20.2. The summed E-state index contributed by atoms with van der Waals surface area (Å²) in [6, 6.07) is 47.8. The number of nitro groups is 1. The fraction of sp³-hybridized carbons (Fsp3) is 0.200. The first kappa shape index (κ1) is 50.6. The summed E-state index contributed by atoms with van der Waals surface area (Å²) >= 11 is 0. The molecule has 390 valence electrons. The van der Waals surface area contributed by atoms with Crippen molar-refractivity contribution in [3.8, 4) is 17.6 Å². The van der Waals surface area contributed by atoms with Crippen molar-refractivity contribution in [2.45, 2.75) is 48.9 Å². The van der Waals surface area contributed by atoms with E-state index < -0.39 is 77.1 Å². The Morgan fingerprint density at radius 3 is 2.23 bits per heavy atom. The third-order valence-corrected chi connectivity index (χ3v) is 14.5. The maximum absolute atomic E-state index is 16.7. The number of carbonyl (C=O) groups excluding carboxylic acids is 4. The number of fused-ring (bicyclic) bond motifs is 4. The minimum atomic E-state index is -2.23. The second kappa shape index (κ2) is 21.6. The van der Waals surface area contributed by atoms with E-state index in [2.05, 4.69) is 27.5 Å². The van der Waals surface area contributed by atoms with Crippen molar-refractivity contribution in [3.05, 3.63) is 231 Å². The summed E-state index contributed by atoms with van der Waals surface area (Å²) in [4.78, 5) is 76.9. The topological polar surface area (TPSA) is 229 Å². The lowest BCUT2D eigenvalue weighted by atomic mass is 9.65. The average molecular weight is 1040 g/mol. The van der Waals surface area contributed by atoms with E-state index in [1.165, 1.54) is 24.3 Å². The number of hydrogen-bond donors (Lipinski definition) is 3. The third kappa shape index (κ3) is 9.25. The summed E-state index contributed by atoms with van der Waals surface area (Å²) in [7, 11) is 0. The summed E-state index contributed by atoms with van der Waals surface area (Å²) in [6.07, 6.45) is -3.38. The molecule has 1 spiro atoms. The second-order valence-electron chi connectivity index (χ2n) is 19.0. The third-order valence-electron chi connectivity index (χ3n) is 14.5. The van der Waals surface area contributed by atoms with Crippen molar-refractivity contribution < 1.29 is 48.5 Å². The zero-order valence-electron chi connectivity index (χ0n) is 41.6. The van der Waals surface area contributed by atoms with Crippen LogP contribution in [0.25, 0.3) is 11.0 Å². The number of amides is 3. The van der Waals surface area contributed by atoms with Crippen molar-refractivity contribution in [2.24, 2.45) is 5.92 Å². The summed E-state index contributed by atoms with van der Waals surface area (Å²) in [5.41, 5.74) is 2.14. The number of hydrogen-bond acceptors (Lipinski definition) is 14. The fourth-order valence-corrected chi connectivity index (χ4v) is 11.2. The van der Waals surface area contributed by atoms with Gasteiger partial charge in [-0.05, 0) is 88.0 Å². The maximum Gasteiger partial charge on any atom is 0.421 e. The first-order chi connectivity index (χ1) is 38.1. The molecule has 8 aromatic rings. The number of imide groups is 1. The van der Waals surface area contributed by atoms with Gasteiger partial charge in [-0.25, -0.2) is 14.4 Å². The fourth-order valence-electron chi connectivity index (χ4n) is 11.2. The standard InChI is InChI=1S/C60H49N7O11/c68-32-33-76-45-22-12-21-43(35-45)55-60(51(56(70)61-36-50(69)40-15-4-1-5-16-40)53-57(71)78-54(42-19-8-3-9-20-42)52(66(53)55)41-17-6-2-7-18-41)46-34-38(14-13-31-64-49-24-11-10-23-47(49)62-63-64)27-30-48(46)65(58(60)72)59(73)77-37-39-25-28-44(29-26-39)67(74)75/h1-12,15-30,34-35,50-55,68-69H,31-33,36-37H2,(H,61,70)/t50-,51-,52-,53-,54+,55+,60-/m0/s1. The molecule has 0 aliphatic carbocycles. The molecule has 4 heterocycles. The van der Waals surface area contributed by atoms with Gasteiger partial charge in [-0.1, -0.05) is 132 Å². The highest BCUT2D eigenvalue weighted by Gasteiger charge is 2.76. The van der Waals surface area contributed by atoms with E-state index >= 15 is 19.2 Å². The predicted molar refractivity (Wildman–Crippen MR) is 283 cm³/mol. The average Bonchev–Trinajstić information content (AvgIpc) is 2.88. The molecule has 0 saturated carbocycles. The number of aromatic nitrogens is 3. The predicted octanol–water partition coefficient (Wildman–Crippen LogP) is 7.61. The number of cyclic esters (lactones) is 1. The van der Waals surface area contributed by atoms with Crippen LogP contribution in [0.1, 0.15) is 63.2 Å². The Bertz CT molecular complexity index is 3630. The van der Waals surface area contributed by atoms with Gasteiger partial charge in [0.2, 0.25) is 11.8 Å². The Hall–Kier alpha value is -9.54. The van der Waals surface area contributed by atoms with Crippen LogP contribution in [0.4, 0.5) is 16.2 Å². The lowest BCUT2D eigenvalue weighted by Crippen LogP contribution is -2.56. The molecule has 7 aromatic carbocycles. The number of benzene rings is 7. The highest BCUT2D eigenvalue weighted by Crippen LogP contribution is 2.66. The Labute approximate surface area is 446 Å². The highest BCUT2D eigenvalue weighted by atomic mass is 16.6. The number of para-hydroxylation sites is 1. The molecule has 0 unspecified atom stereocenters. The smallest absolute Gasteiger partial charge is 0.421 e. The van der Waals surface area contributed by atoms with Gasteiger partial charge in [0, 0.05) is 24.2 Å². The number of nitrogens with one attached hydrogen (secondary N) is 1. The van der Waals surface area contributed by atoms with Gasteiger partial charge < -0.3 is 29.7 Å². The van der Waals surface area contributed by atoms with E-state index in [4.69, 9.17) is 14.2 Å². The van der Waals surface area contributed by atoms with Gasteiger partial charge >= 0.3 is 12.1 Å². The van der Waals surface area contributed by atoms with Gasteiger partial charge in [0.15, 0.2) is 0 Å². The molecule has 78 heavy (non-hydrogen) atoms. The molecule has 1 aromatic heterocycles. The Kier molecular flexibility index (Phi) is 14.0. The second-order valence-corrected chi connectivity index (χ2v) is 19.0. The summed E-state index contributed by atoms with van der Waals surface area (Å²) in [5.74, 6) is 2.39. The van der Waals surface area contributed by atoms with Crippen LogP contribution in [-0.2, 0) is 42.4 Å². The number of ether oxygens (including phenoxy) is 3. The number of non-ortho nitro benzene ring substituents is 1. The zero-order valence-corrected chi connectivity index (χ0v) is 41.6. The maximum atomic E-state index is 16.7. The molecular weight excluding hydrogens is 995 g/mol. The van der Waals surface area contributed by atoms with E-state index in [1.807, 2.05) is 89.8 Å². The van der Waals surface area contributed by atoms with E-state index in [-0.39, 0.29) is 43.2 Å². The number of rotatable bonds is 14. The molecule has 2 saturated heterocycles. The largest absolute Gasteiger partial charge is 0.491 e. The van der Waals surface area contributed by atoms with Gasteiger partial charge in [-0.15, -0.1) is 5.10 Å². The van der Waals surface area contributed by atoms with Crippen molar-refractivity contribution >= 4 is 46.3 Å². The molecule has 3 N–H and O–H groups in total. The molecule has 11 rings (SSSR count). The van der Waals surface area contributed by atoms with Crippen LogP contribution in [-0.4, -0.2) is 84.7 Å². The molecule has 2 fully saturated rings. The van der Waals surface area contributed by atoms with Gasteiger partial charge in [-0.2, -0.15) is 0 Å². The minimum Gasteiger partial charge on any atom is -0.491 e. The molecule has 3 aliphatic heterocycles. The van der Waals surface area contributed by atoms with E-state index in [9.17, 15) is 20.3 Å². The lowest BCUT2D eigenvalue weighted by Gasteiger charge is -2.46. The number of carbonyl (C=O) groups is 4. The van der Waals surface area contributed by atoms with Crippen LogP contribution in [0.2, 0.25) is 0 Å². The Morgan fingerprint density at radius 1 is 0.808 bits per heavy atom. The number of nitro benzene ring substituents is 1. The number of nitrogens with zero attached hydrogens (tertiary/aromatic N) is 6. The van der Waals surface area contributed by atoms with E-state index in [0.717, 1.165) is 10.4 Å². The van der Waals surface area contributed by atoms with Crippen molar-refractivity contribution in [1.82, 2.24) is 25.2 Å². The monoisotopic (exact) mass is 1040 g/mol. The molecule has 18 heteroatoms. The van der Waals surface area contributed by atoms with Crippen LogP contribution in [0.5, 0.6) is 5.75 Å². The van der Waals surface area contributed by atoms with Crippen LogP contribution in [0.15, 0.2) is 182 Å². The molecular formula is C60H49N7O11. The molecule has 0 bridgehead atoms. The molecule has 3 aliphatic rings. The summed E-state index contributed by atoms with van der Waals surface area (Å²) in [5, 5.41) is 44.4. The Morgan fingerprint density at radius 2 is 1.50 bits per heavy atom. The molecule has 0 radical (unpaired) electrons. The molecule has 7 atom stereocenters. The SMILES string of the molecule is O=C1O[C@H](c2ccccc2)[C@H](c2ccccc2)N2[C@H]1[C@@H](C(=O)NC[C@H](O)c1ccccc1)[C@]1(C(=O)N(C(=O)OCc3ccc([N+](=O)[O-])cc3)c3ccc(C#CCn4nnc5ccccc54)cc31)[C@H]2c1cccc(OCCO)c1. The van der Waals surface area contributed by atoms with E-state index in [1.54, 1.807) is 77.5 Å². The zero-order chi connectivity index (χ0) is 53.9. The van der Waals surface area contributed by atoms with Gasteiger partial charge in [0.05, 0.1) is 46.8 Å². The number of esters is 1. The van der Waals surface area contributed by atoms with Crippen molar-refractivity contribution in [2.75, 3.05) is 24.7 Å². The first-order valence-electron chi connectivity index (χ1n) is 25.1. The highest BCUT2D eigenvalue weighted by molar-refractivity contribution is 6.23. The van der Waals surface area contributed by atoms with E-state index in [0.29, 0.717) is 44.6 Å². The van der Waals surface area contributed by atoms with Crippen molar-refractivity contribution in [1.29, 1.82) is 0 Å². The van der Waals surface area contributed by atoms with Crippen LogP contribution < -0.4 is 15.0 Å². The van der Waals surface area contributed by atoms with Gasteiger partial charge in [0.1, 0.15) is 48.6 Å². The van der Waals surface area contributed by atoms with Gasteiger partial charge in [0.25, 0.3) is 5.69 Å². The van der Waals surface area contributed by atoms with Crippen LogP contribution in [0.3, 0.4) is 0 Å². The number of aliphatic hydroxyl groups excluding tert-OH is 2. The number of aliphatic hydroxyl groups is 2. The first-order valence-corrected chi connectivity index (χ1v) is 25.1. The molecule has 3 amide bonds. The van der Waals surface area contributed by atoms with Crippen LogP contribution >= 0.6 is 0 Å². The van der Waals surface area contributed by atoms with Crippen molar-refractivity contribution in [3.63, 3.8) is 0 Å².